The zero-order valence-corrected chi connectivity index (χ0v) is 15.2. The molecule has 0 saturated heterocycles. The van der Waals surface area contributed by atoms with Gasteiger partial charge in [-0.3, -0.25) is 4.79 Å². The van der Waals surface area contributed by atoms with Crippen LogP contribution >= 0.6 is 0 Å². The lowest BCUT2D eigenvalue weighted by atomic mass is 10.1. The summed E-state index contributed by atoms with van der Waals surface area (Å²) in [5.74, 6) is -0.261. The van der Waals surface area contributed by atoms with E-state index in [2.05, 4.69) is 10.0 Å². The van der Waals surface area contributed by atoms with Crippen LogP contribution in [0.2, 0.25) is 0 Å². The molecule has 0 atom stereocenters. The minimum atomic E-state index is -3.62. The maximum Gasteiger partial charge on any atom is 0.251 e. The van der Waals surface area contributed by atoms with E-state index in [1.807, 2.05) is 37.3 Å². The molecule has 25 heavy (non-hydrogen) atoms. The standard InChI is InChI=1S/C19H24N2O3S/c1-2-13-20-19(22)17-11-6-12-18(15-17)25(23,24)21-14-7-10-16-8-4-3-5-9-16/h3-6,8-9,11-12,15,21H,2,7,10,13-14H2,1H3,(H,20,22). The fourth-order valence-electron chi connectivity index (χ4n) is 2.37. The van der Waals surface area contributed by atoms with Crippen molar-refractivity contribution in [3.8, 4) is 0 Å². The van der Waals surface area contributed by atoms with Crippen molar-refractivity contribution in [3.63, 3.8) is 0 Å². The molecule has 0 aliphatic heterocycles. The van der Waals surface area contributed by atoms with Gasteiger partial charge in [0.1, 0.15) is 0 Å². The normalized spacial score (nSPS) is 11.2. The van der Waals surface area contributed by atoms with E-state index >= 15 is 0 Å². The molecule has 0 aliphatic carbocycles. The van der Waals surface area contributed by atoms with Crippen molar-refractivity contribution >= 4 is 15.9 Å². The van der Waals surface area contributed by atoms with Crippen LogP contribution in [0, 0.1) is 0 Å². The zero-order valence-electron chi connectivity index (χ0n) is 14.4. The second kappa shape index (κ2) is 9.34. The first-order chi connectivity index (χ1) is 12.0. The van der Waals surface area contributed by atoms with Crippen LogP contribution in [-0.4, -0.2) is 27.4 Å². The molecule has 5 nitrogen and oxygen atoms in total. The van der Waals surface area contributed by atoms with E-state index in [1.165, 1.54) is 17.7 Å². The minimum Gasteiger partial charge on any atom is -0.352 e. The van der Waals surface area contributed by atoms with Crippen molar-refractivity contribution in [2.45, 2.75) is 31.1 Å². The predicted octanol–water partition coefficient (Wildman–Crippen LogP) is 2.74. The Balaban J connectivity index is 1.93. The SMILES string of the molecule is CCCNC(=O)c1cccc(S(=O)(=O)NCCCc2ccccc2)c1. The molecule has 2 rings (SSSR count). The zero-order chi connectivity index (χ0) is 18.1. The Labute approximate surface area is 149 Å². The summed E-state index contributed by atoms with van der Waals surface area (Å²) in [5, 5.41) is 2.74. The number of hydrogen-bond acceptors (Lipinski definition) is 3. The van der Waals surface area contributed by atoms with Crippen LogP contribution in [0.25, 0.3) is 0 Å². The number of carbonyl (C=O) groups excluding carboxylic acids is 1. The number of amides is 1. The molecule has 0 aliphatic rings. The molecule has 0 bridgehead atoms. The molecule has 134 valence electrons. The number of carbonyl (C=O) groups is 1. The van der Waals surface area contributed by atoms with Crippen molar-refractivity contribution in [2.75, 3.05) is 13.1 Å². The number of benzene rings is 2. The van der Waals surface area contributed by atoms with Gasteiger partial charge in [0.15, 0.2) is 0 Å². The maximum atomic E-state index is 12.4. The number of aryl methyl sites for hydroxylation is 1. The van der Waals surface area contributed by atoms with E-state index in [0.717, 1.165) is 12.8 Å². The Kier molecular flexibility index (Phi) is 7.16. The summed E-state index contributed by atoms with van der Waals surface area (Å²) >= 11 is 0. The van der Waals surface area contributed by atoms with Gasteiger partial charge in [-0.2, -0.15) is 0 Å². The van der Waals surface area contributed by atoms with Gasteiger partial charge in [-0.05, 0) is 43.0 Å². The van der Waals surface area contributed by atoms with E-state index in [-0.39, 0.29) is 10.8 Å². The lowest BCUT2D eigenvalue weighted by Crippen LogP contribution is -2.27. The summed E-state index contributed by atoms with van der Waals surface area (Å²) in [7, 11) is -3.62. The van der Waals surface area contributed by atoms with Crippen LogP contribution in [0.15, 0.2) is 59.5 Å². The third kappa shape index (κ3) is 5.99. The van der Waals surface area contributed by atoms with Crippen molar-refractivity contribution in [1.82, 2.24) is 10.0 Å². The van der Waals surface area contributed by atoms with E-state index in [4.69, 9.17) is 0 Å². The lowest BCUT2D eigenvalue weighted by molar-refractivity contribution is 0.0953. The van der Waals surface area contributed by atoms with Gasteiger partial charge in [0, 0.05) is 18.7 Å². The maximum absolute atomic E-state index is 12.4. The summed E-state index contributed by atoms with van der Waals surface area (Å²) in [5.41, 5.74) is 1.52. The summed E-state index contributed by atoms with van der Waals surface area (Å²) in [6.45, 7) is 2.87. The molecule has 0 heterocycles. The first-order valence-corrected chi connectivity index (χ1v) is 9.93. The van der Waals surface area contributed by atoms with E-state index in [0.29, 0.717) is 25.1 Å². The van der Waals surface area contributed by atoms with E-state index in [1.54, 1.807) is 12.1 Å². The fourth-order valence-corrected chi connectivity index (χ4v) is 3.49. The molecular formula is C19H24N2O3S. The van der Waals surface area contributed by atoms with Gasteiger partial charge in [0.2, 0.25) is 10.0 Å². The number of rotatable bonds is 9. The summed E-state index contributed by atoms with van der Waals surface area (Å²) in [4.78, 5) is 12.1. The Morgan fingerprint density at radius 1 is 1.00 bits per heavy atom. The number of sulfonamides is 1. The molecule has 2 aromatic carbocycles. The first kappa shape index (κ1) is 19.1. The average Bonchev–Trinajstić information content (AvgIpc) is 2.64. The predicted molar refractivity (Wildman–Crippen MR) is 99.0 cm³/mol. The van der Waals surface area contributed by atoms with Gasteiger partial charge in [0.25, 0.3) is 5.91 Å². The third-order valence-corrected chi connectivity index (χ3v) is 5.18. The van der Waals surface area contributed by atoms with Crippen LogP contribution in [0.4, 0.5) is 0 Å². The largest absolute Gasteiger partial charge is 0.352 e. The fraction of sp³-hybridized carbons (Fsp3) is 0.316. The third-order valence-electron chi connectivity index (χ3n) is 3.72. The second-order valence-electron chi connectivity index (χ2n) is 5.77. The molecule has 0 spiro atoms. The molecule has 6 heteroatoms. The van der Waals surface area contributed by atoms with Crippen LogP contribution in [0.1, 0.15) is 35.7 Å². The van der Waals surface area contributed by atoms with Crippen molar-refractivity contribution in [1.29, 1.82) is 0 Å². The number of nitrogens with one attached hydrogen (secondary N) is 2. The highest BCUT2D eigenvalue weighted by Crippen LogP contribution is 2.12. The lowest BCUT2D eigenvalue weighted by Gasteiger charge is -2.09. The molecular weight excluding hydrogens is 336 g/mol. The second-order valence-corrected chi connectivity index (χ2v) is 7.54. The minimum absolute atomic E-state index is 0.108. The van der Waals surface area contributed by atoms with E-state index in [9.17, 15) is 13.2 Å². The van der Waals surface area contributed by atoms with Gasteiger partial charge >= 0.3 is 0 Å². The molecule has 0 fully saturated rings. The highest BCUT2D eigenvalue weighted by molar-refractivity contribution is 7.89. The van der Waals surface area contributed by atoms with Gasteiger partial charge in [0.05, 0.1) is 4.90 Å². The van der Waals surface area contributed by atoms with Crippen molar-refractivity contribution in [2.24, 2.45) is 0 Å². The molecule has 1 amide bonds. The quantitative estimate of drug-likeness (QED) is 0.675. The van der Waals surface area contributed by atoms with Gasteiger partial charge in [-0.1, -0.05) is 43.3 Å². The smallest absolute Gasteiger partial charge is 0.251 e. The molecule has 0 saturated carbocycles. The monoisotopic (exact) mass is 360 g/mol. The van der Waals surface area contributed by atoms with Crippen LogP contribution in [0.3, 0.4) is 0 Å². The Morgan fingerprint density at radius 2 is 1.76 bits per heavy atom. The van der Waals surface area contributed by atoms with Gasteiger partial charge < -0.3 is 5.32 Å². The molecule has 2 aromatic rings. The molecule has 0 aromatic heterocycles. The Bertz CT molecular complexity index is 789. The van der Waals surface area contributed by atoms with Gasteiger partial charge in [-0.15, -0.1) is 0 Å². The topological polar surface area (TPSA) is 75.3 Å². The van der Waals surface area contributed by atoms with E-state index < -0.39 is 10.0 Å². The Morgan fingerprint density at radius 3 is 2.48 bits per heavy atom. The highest BCUT2D eigenvalue weighted by atomic mass is 32.2. The molecule has 0 unspecified atom stereocenters. The summed E-state index contributed by atoms with van der Waals surface area (Å²) in [6, 6.07) is 16.0. The van der Waals surface area contributed by atoms with Crippen molar-refractivity contribution < 1.29 is 13.2 Å². The van der Waals surface area contributed by atoms with Crippen LogP contribution in [0.5, 0.6) is 0 Å². The Hall–Kier alpha value is -2.18. The highest BCUT2D eigenvalue weighted by Gasteiger charge is 2.15. The van der Waals surface area contributed by atoms with Gasteiger partial charge in [-0.25, -0.2) is 13.1 Å². The summed E-state index contributed by atoms with van der Waals surface area (Å²) < 4.78 is 27.4. The summed E-state index contributed by atoms with van der Waals surface area (Å²) in [6.07, 6.45) is 2.34. The van der Waals surface area contributed by atoms with Crippen LogP contribution in [-0.2, 0) is 16.4 Å². The first-order valence-electron chi connectivity index (χ1n) is 8.45. The van der Waals surface area contributed by atoms with Crippen LogP contribution < -0.4 is 10.0 Å². The molecule has 2 N–H and O–H groups in total. The molecule has 0 radical (unpaired) electrons. The van der Waals surface area contributed by atoms with Crippen molar-refractivity contribution in [3.05, 3.63) is 65.7 Å². The number of hydrogen-bond donors (Lipinski definition) is 2. The average molecular weight is 360 g/mol.